The SMILES string of the molecule is Oc1c(Br)ccnc1OC(F)(F)F. The van der Waals surface area contributed by atoms with Crippen LogP contribution >= 0.6 is 15.9 Å². The molecule has 1 N–H and O–H groups in total. The van der Waals surface area contributed by atoms with Crippen molar-refractivity contribution in [1.82, 2.24) is 4.98 Å². The van der Waals surface area contributed by atoms with Gasteiger partial charge in [-0.25, -0.2) is 4.98 Å². The summed E-state index contributed by atoms with van der Waals surface area (Å²) in [5.74, 6) is -1.55. The number of aromatic hydroxyl groups is 1. The Balaban J connectivity index is 2.96. The van der Waals surface area contributed by atoms with Gasteiger partial charge in [-0.1, -0.05) is 0 Å². The maximum absolute atomic E-state index is 11.7. The van der Waals surface area contributed by atoms with Crippen LogP contribution in [0.1, 0.15) is 0 Å². The first-order chi connectivity index (χ1) is 5.90. The van der Waals surface area contributed by atoms with Gasteiger partial charge in [-0.2, -0.15) is 0 Å². The van der Waals surface area contributed by atoms with E-state index in [-0.39, 0.29) is 4.47 Å². The van der Waals surface area contributed by atoms with E-state index in [2.05, 4.69) is 25.7 Å². The zero-order valence-electron chi connectivity index (χ0n) is 5.97. The fraction of sp³-hybridized carbons (Fsp3) is 0.167. The molecule has 0 bridgehead atoms. The third-order valence-electron chi connectivity index (χ3n) is 1.05. The third-order valence-corrected chi connectivity index (χ3v) is 1.69. The fourth-order valence-corrected chi connectivity index (χ4v) is 0.885. The largest absolute Gasteiger partial charge is 0.574 e. The maximum Gasteiger partial charge on any atom is 0.574 e. The molecule has 3 nitrogen and oxygen atoms in total. The molecule has 0 aromatic carbocycles. The summed E-state index contributed by atoms with van der Waals surface area (Å²) in [6, 6.07) is 1.29. The molecule has 7 heteroatoms. The summed E-state index contributed by atoms with van der Waals surface area (Å²) in [6.45, 7) is 0. The van der Waals surface area contributed by atoms with Crippen LogP contribution < -0.4 is 4.74 Å². The van der Waals surface area contributed by atoms with Crippen molar-refractivity contribution >= 4 is 15.9 Å². The summed E-state index contributed by atoms with van der Waals surface area (Å²) in [4.78, 5) is 3.20. The molecular formula is C6H3BrF3NO2. The first-order valence-corrected chi connectivity index (χ1v) is 3.78. The van der Waals surface area contributed by atoms with Crippen molar-refractivity contribution in [2.45, 2.75) is 6.36 Å². The van der Waals surface area contributed by atoms with Crippen molar-refractivity contribution in [1.29, 1.82) is 0 Å². The van der Waals surface area contributed by atoms with Crippen LogP contribution in [0.2, 0.25) is 0 Å². The molecule has 0 aliphatic heterocycles. The number of hydrogen-bond acceptors (Lipinski definition) is 3. The van der Waals surface area contributed by atoms with E-state index in [1.165, 1.54) is 6.07 Å². The van der Waals surface area contributed by atoms with E-state index in [4.69, 9.17) is 5.11 Å². The molecule has 1 aromatic heterocycles. The van der Waals surface area contributed by atoms with Crippen molar-refractivity contribution in [2.75, 3.05) is 0 Å². The molecule has 0 amide bonds. The minimum Gasteiger partial charge on any atom is -0.502 e. The molecule has 1 heterocycles. The molecule has 0 spiro atoms. The molecule has 0 aliphatic rings. The Hall–Kier alpha value is -0.980. The quantitative estimate of drug-likeness (QED) is 0.841. The highest BCUT2D eigenvalue weighted by molar-refractivity contribution is 9.10. The highest BCUT2D eigenvalue weighted by Crippen LogP contribution is 2.34. The smallest absolute Gasteiger partial charge is 0.502 e. The van der Waals surface area contributed by atoms with Gasteiger partial charge in [0.15, 0.2) is 5.75 Å². The number of nitrogens with zero attached hydrogens (tertiary/aromatic N) is 1. The average molecular weight is 258 g/mol. The van der Waals surface area contributed by atoms with Gasteiger partial charge in [-0.3, -0.25) is 0 Å². The van der Waals surface area contributed by atoms with Gasteiger partial charge in [0.25, 0.3) is 5.88 Å². The van der Waals surface area contributed by atoms with Gasteiger partial charge in [0.2, 0.25) is 0 Å². The summed E-state index contributed by atoms with van der Waals surface area (Å²) >= 11 is 2.82. The van der Waals surface area contributed by atoms with Crippen molar-refractivity contribution in [3.05, 3.63) is 16.7 Å². The van der Waals surface area contributed by atoms with Crippen molar-refractivity contribution in [3.8, 4) is 11.6 Å². The van der Waals surface area contributed by atoms with E-state index in [9.17, 15) is 13.2 Å². The van der Waals surface area contributed by atoms with Crippen LogP contribution in [0.5, 0.6) is 11.6 Å². The molecule has 0 atom stereocenters. The van der Waals surface area contributed by atoms with E-state index < -0.39 is 18.0 Å². The average Bonchev–Trinajstić information content (AvgIpc) is 1.96. The highest BCUT2D eigenvalue weighted by atomic mass is 79.9. The standard InChI is InChI=1S/C6H3BrF3NO2/c7-3-1-2-11-5(4(3)12)13-6(8,9)10/h1-2,12H. The van der Waals surface area contributed by atoms with Gasteiger partial charge >= 0.3 is 6.36 Å². The second-order valence-corrected chi connectivity index (χ2v) is 2.85. The molecule has 0 radical (unpaired) electrons. The van der Waals surface area contributed by atoms with Gasteiger partial charge in [-0.05, 0) is 22.0 Å². The lowest BCUT2D eigenvalue weighted by atomic mass is 10.4. The number of ether oxygens (including phenoxy) is 1. The molecule has 0 fully saturated rings. The number of aromatic nitrogens is 1. The van der Waals surface area contributed by atoms with Crippen LogP contribution in [0.4, 0.5) is 13.2 Å². The Kier molecular flexibility index (Phi) is 2.65. The Bertz CT molecular complexity index is 315. The highest BCUT2D eigenvalue weighted by Gasteiger charge is 2.33. The molecule has 0 aliphatic carbocycles. The van der Waals surface area contributed by atoms with Crippen LogP contribution in [-0.2, 0) is 0 Å². The fourth-order valence-electron chi connectivity index (χ4n) is 0.597. The lowest BCUT2D eigenvalue weighted by Gasteiger charge is -2.08. The molecular weight excluding hydrogens is 255 g/mol. The van der Waals surface area contributed by atoms with Crippen molar-refractivity contribution < 1.29 is 23.0 Å². The molecule has 72 valence electrons. The number of hydrogen-bond donors (Lipinski definition) is 1. The lowest BCUT2D eigenvalue weighted by Crippen LogP contribution is -2.17. The van der Waals surface area contributed by atoms with E-state index in [0.717, 1.165) is 6.20 Å². The summed E-state index contributed by atoms with van der Waals surface area (Å²) in [5, 5.41) is 9.03. The Morgan fingerprint density at radius 1 is 1.46 bits per heavy atom. The second kappa shape index (κ2) is 3.41. The normalized spacial score (nSPS) is 11.4. The zero-order chi connectivity index (χ0) is 10.1. The third kappa shape index (κ3) is 2.76. The first kappa shape index (κ1) is 10.1. The second-order valence-electron chi connectivity index (χ2n) is 1.99. The number of alkyl halides is 3. The van der Waals surface area contributed by atoms with Crippen LogP contribution in [0.25, 0.3) is 0 Å². The van der Waals surface area contributed by atoms with Crippen LogP contribution in [0, 0.1) is 0 Å². The maximum atomic E-state index is 11.7. The van der Waals surface area contributed by atoms with E-state index >= 15 is 0 Å². The molecule has 1 aromatic rings. The van der Waals surface area contributed by atoms with Crippen molar-refractivity contribution in [2.24, 2.45) is 0 Å². The van der Waals surface area contributed by atoms with Crippen LogP contribution in [-0.4, -0.2) is 16.5 Å². The van der Waals surface area contributed by atoms with Crippen molar-refractivity contribution in [3.63, 3.8) is 0 Å². The van der Waals surface area contributed by atoms with E-state index in [1.807, 2.05) is 0 Å². The molecule has 0 unspecified atom stereocenters. The van der Waals surface area contributed by atoms with Gasteiger partial charge < -0.3 is 9.84 Å². The molecule has 0 saturated heterocycles. The molecule has 13 heavy (non-hydrogen) atoms. The lowest BCUT2D eigenvalue weighted by molar-refractivity contribution is -0.276. The predicted octanol–water partition coefficient (Wildman–Crippen LogP) is 2.45. The van der Waals surface area contributed by atoms with Gasteiger partial charge in [0, 0.05) is 6.20 Å². The molecule has 0 saturated carbocycles. The predicted molar refractivity (Wildman–Crippen MR) is 40.3 cm³/mol. The minimum atomic E-state index is -4.86. The molecule has 1 rings (SSSR count). The Morgan fingerprint density at radius 2 is 2.08 bits per heavy atom. The summed E-state index contributed by atoms with van der Waals surface area (Å²) in [5.41, 5.74) is 0. The summed E-state index contributed by atoms with van der Waals surface area (Å²) < 4.78 is 38.5. The van der Waals surface area contributed by atoms with E-state index in [0.29, 0.717) is 0 Å². The summed E-state index contributed by atoms with van der Waals surface area (Å²) in [7, 11) is 0. The number of pyridine rings is 1. The van der Waals surface area contributed by atoms with Gasteiger partial charge in [0.1, 0.15) is 0 Å². The topological polar surface area (TPSA) is 42.4 Å². The number of rotatable bonds is 1. The number of halogens is 4. The van der Waals surface area contributed by atoms with E-state index in [1.54, 1.807) is 0 Å². The minimum absolute atomic E-state index is 0.0850. The first-order valence-electron chi connectivity index (χ1n) is 2.99. The Labute approximate surface area is 79.3 Å². The Morgan fingerprint density at radius 3 is 2.62 bits per heavy atom. The van der Waals surface area contributed by atoms with Crippen LogP contribution in [0.3, 0.4) is 0 Å². The van der Waals surface area contributed by atoms with Crippen LogP contribution in [0.15, 0.2) is 16.7 Å². The zero-order valence-corrected chi connectivity index (χ0v) is 7.56. The van der Waals surface area contributed by atoms with Gasteiger partial charge in [0.05, 0.1) is 4.47 Å². The monoisotopic (exact) mass is 257 g/mol. The summed E-state index contributed by atoms with van der Waals surface area (Å²) in [6.07, 6.45) is -3.78. The van der Waals surface area contributed by atoms with Gasteiger partial charge in [-0.15, -0.1) is 13.2 Å².